The van der Waals surface area contributed by atoms with Gasteiger partial charge in [-0.05, 0) is 31.4 Å². The fourth-order valence-corrected chi connectivity index (χ4v) is 2.46. The van der Waals surface area contributed by atoms with E-state index in [1.807, 2.05) is 11.8 Å². The lowest BCUT2D eigenvalue weighted by molar-refractivity contribution is 0.0965. The maximum absolute atomic E-state index is 14.0. The molecule has 2 rings (SSSR count). The van der Waals surface area contributed by atoms with Crippen molar-refractivity contribution in [2.45, 2.75) is 26.4 Å². The van der Waals surface area contributed by atoms with Crippen molar-refractivity contribution in [3.8, 4) is 0 Å². The van der Waals surface area contributed by atoms with Crippen LogP contribution in [0.25, 0.3) is 0 Å². The fourth-order valence-electron chi connectivity index (χ4n) is 2.46. The number of nitrogens with zero attached hydrogens (tertiary/aromatic N) is 1. The van der Waals surface area contributed by atoms with Gasteiger partial charge >= 0.3 is 0 Å². The number of para-hydroxylation sites is 1. The van der Waals surface area contributed by atoms with E-state index in [0.29, 0.717) is 30.8 Å². The van der Waals surface area contributed by atoms with Crippen LogP contribution in [-0.2, 0) is 0 Å². The topological polar surface area (TPSA) is 40.5 Å². The Balaban J connectivity index is 2.36. The van der Waals surface area contributed by atoms with E-state index in [-0.39, 0.29) is 23.6 Å². The van der Waals surface area contributed by atoms with Crippen LogP contribution >= 0.6 is 0 Å². The SMILES string of the molecule is CC(=O)c1cccc(F)c1N1CCC(O)C(C)C1. The van der Waals surface area contributed by atoms with Crippen LogP contribution in [0.3, 0.4) is 0 Å². The highest BCUT2D eigenvalue weighted by atomic mass is 19.1. The molecule has 1 N–H and O–H groups in total. The average Bonchev–Trinajstić information content (AvgIpc) is 2.32. The molecular weight excluding hydrogens is 233 g/mol. The molecule has 1 heterocycles. The first-order valence-corrected chi connectivity index (χ1v) is 6.23. The van der Waals surface area contributed by atoms with Gasteiger partial charge in [-0.3, -0.25) is 4.79 Å². The quantitative estimate of drug-likeness (QED) is 0.819. The molecule has 0 aromatic heterocycles. The third-order valence-electron chi connectivity index (χ3n) is 3.54. The molecule has 4 heteroatoms. The molecule has 0 aliphatic carbocycles. The molecule has 1 aromatic carbocycles. The van der Waals surface area contributed by atoms with Crippen molar-refractivity contribution >= 4 is 11.5 Å². The first-order valence-electron chi connectivity index (χ1n) is 6.23. The Morgan fingerprint density at radius 3 is 2.83 bits per heavy atom. The number of Topliss-reactive ketones (excluding diaryl/α,β-unsaturated/α-hetero) is 1. The molecule has 1 saturated heterocycles. The zero-order chi connectivity index (χ0) is 13.3. The van der Waals surface area contributed by atoms with Gasteiger partial charge in [0.15, 0.2) is 5.78 Å². The van der Waals surface area contributed by atoms with Crippen LogP contribution in [0.15, 0.2) is 18.2 Å². The first-order chi connectivity index (χ1) is 8.50. The summed E-state index contributed by atoms with van der Waals surface area (Å²) in [6.45, 7) is 4.53. The first kappa shape index (κ1) is 13.0. The maximum Gasteiger partial charge on any atom is 0.161 e. The van der Waals surface area contributed by atoms with Crippen molar-refractivity contribution in [2.75, 3.05) is 18.0 Å². The molecule has 0 amide bonds. The Bertz CT molecular complexity index is 461. The van der Waals surface area contributed by atoms with Gasteiger partial charge in [0.25, 0.3) is 0 Å². The van der Waals surface area contributed by atoms with Crippen molar-refractivity contribution in [3.05, 3.63) is 29.6 Å². The highest BCUT2D eigenvalue weighted by molar-refractivity contribution is 5.99. The second-order valence-corrected chi connectivity index (χ2v) is 4.97. The maximum atomic E-state index is 14.0. The summed E-state index contributed by atoms with van der Waals surface area (Å²) in [7, 11) is 0. The van der Waals surface area contributed by atoms with E-state index in [1.165, 1.54) is 13.0 Å². The Hall–Kier alpha value is -1.42. The van der Waals surface area contributed by atoms with Gasteiger partial charge < -0.3 is 10.0 Å². The molecule has 1 aliphatic heterocycles. The number of rotatable bonds is 2. The summed E-state index contributed by atoms with van der Waals surface area (Å²) in [4.78, 5) is 13.4. The predicted molar refractivity (Wildman–Crippen MR) is 68.4 cm³/mol. The molecule has 18 heavy (non-hydrogen) atoms. The van der Waals surface area contributed by atoms with Gasteiger partial charge in [0, 0.05) is 18.7 Å². The number of halogens is 1. The molecule has 98 valence electrons. The third-order valence-corrected chi connectivity index (χ3v) is 3.54. The molecular formula is C14H18FNO2. The summed E-state index contributed by atoms with van der Waals surface area (Å²) in [6.07, 6.45) is 0.265. The van der Waals surface area contributed by atoms with E-state index in [0.717, 1.165) is 0 Å². The molecule has 0 spiro atoms. The van der Waals surface area contributed by atoms with E-state index in [2.05, 4.69) is 0 Å². The molecule has 1 aliphatic rings. The molecule has 2 atom stereocenters. The van der Waals surface area contributed by atoms with Crippen LogP contribution in [0.5, 0.6) is 0 Å². The third kappa shape index (κ3) is 2.38. The number of carbonyl (C=O) groups is 1. The van der Waals surface area contributed by atoms with Crippen molar-refractivity contribution in [2.24, 2.45) is 5.92 Å². The molecule has 0 radical (unpaired) electrons. The second kappa shape index (κ2) is 5.06. The number of aliphatic hydroxyl groups is 1. The van der Waals surface area contributed by atoms with E-state index < -0.39 is 0 Å². The Kier molecular flexibility index (Phi) is 3.66. The number of hydrogen-bond donors (Lipinski definition) is 1. The van der Waals surface area contributed by atoms with Crippen LogP contribution in [0.1, 0.15) is 30.6 Å². The summed E-state index contributed by atoms with van der Waals surface area (Å²) in [5.74, 6) is -0.423. The van der Waals surface area contributed by atoms with Gasteiger partial charge in [-0.25, -0.2) is 4.39 Å². The monoisotopic (exact) mass is 251 g/mol. The van der Waals surface area contributed by atoms with E-state index in [1.54, 1.807) is 12.1 Å². The summed E-state index contributed by atoms with van der Waals surface area (Å²) in [5, 5.41) is 9.70. The summed E-state index contributed by atoms with van der Waals surface area (Å²) >= 11 is 0. The van der Waals surface area contributed by atoms with E-state index in [9.17, 15) is 14.3 Å². The minimum Gasteiger partial charge on any atom is -0.393 e. The van der Waals surface area contributed by atoms with Gasteiger partial charge in [0.1, 0.15) is 5.82 Å². The van der Waals surface area contributed by atoms with Crippen LogP contribution in [-0.4, -0.2) is 30.1 Å². The van der Waals surface area contributed by atoms with Crippen molar-refractivity contribution < 1.29 is 14.3 Å². The van der Waals surface area contributed by atoms with Gasteiger partial charge in [-0.15, -0.1) is 0 Å². The number of ketones is 1. The molecule has 1 fully saturated rings. The number of benzene rings is 1. The van der Waals surface area contributed by atoms with Gasteiger partial charge in [-0.1, -0.05) is 13.0 Å². The smallest absolute Gasteiger partial charge is 0.161 e. The summed E-state index contributed by atoms with van der Waals surface area (Å²) in [6, 6.07) is 4.58. The molecule has 1 aromatic rings. The average molecular weight is 251 g/mol. The molecule has 2 unspecified atom stereocenters. The lowest BCUT2D eigenvalue weighted by Gasteiger charge is -2.36. The second-order valence-electron chi connectivity index (χ2n) is 4.97. The summed E-state index contributed by atoms with van der Waals surface area (Å²) < 4.78 is 14.0. The van der Waals surface area contributed by atoms with Crippen LogP contribution in [0.4, 0.5) is 10.1 Å². The lowest BCUT2D eigenvalue weighted by Crippen LogP contribution is -2.42. The standard InChI is InChI=1S/C14H18FNO2/c1-9-8-16(7-6-13(9)18)14-11(10(2)17)4-3-5-12(14)15/h3-5,9,13,18H,6-8H2,1-2H3. The van der Waals surface area contributed by atoms with Gasteiger partial charge in [0.05, 0.1) is 11.8 Å². The van der Waals surface area contributed by atoms with E-state index in [4.69, 9.17) is 0 Å². The van der Waals surface area contributed by atoms with Crippen LogP contribution < -0.4 is 4.90 Å². The number of hydrogen-bond acceptors (Lipinski definition) is 3. The largest absolute Gasteiger partial charge is 0.393 e. The van der Waals surface area contributed by atoms with E-state index >= 15 is 0 Å². The normalized spacial score (nSPS) is 24.1. The number of aliphatic hydroxyl groups excluding tert-OH is 1. The van der Waals surface area contributed by atoms with Gasteiger partial charge in [0.2, 0.25) is 0 Å². The minimum atomic E-state index is -0.369. The number of carbonyl (C=O) groups excluding carboxylic acids is 1. The number of anilines is 1. The Morgan fingerprint density at radius 2 is 2.22 bits per heavy atom. The predicted octanol–water partition coefficient (Wildman–Crippen LogP) is 2.24. The highest BCUT2D eigenvalue weighted by Gasteiger charge is 2.27. The van der Waals surface area contributed by atoms with Crippen molar-refractivity contribution in [1.82, 2.24) is 0 Å². The Labute approximate surface area is 106 Å². The van der Waals surface area contributed by atoms with Crippen molar-refractivity contribution in [3.63, 3.8) is 0 Å². The molecule has 0 saturated carbocycles. The van der Waals surface area contributed by atoms with Gasteiger partial charge in [-0.2, -0.15) is 0 Å². The molecule has 3 nitrogen and oxygen atoms in total. The van der Waals surface area contributed by atoms with Crippen LogP contribution in [0.2, 0.25) is 0 Å². The van der Waals surface area contributed by atoms with Crippen molar-refractivity contribution in [1.29, 1.82) is 0 Å². The zero-order valence-corrected chi connectivity index (χ0v) is 10.7. The van der Waals surface area contributed by atoms with Crippen LogP contribution in [0, 0.1) is 11.7 Å². The number of piperidine rings is 1. The minimum absolute atomic E-state index is 0.0816. The zero-order valence-electron chi connectivity index (χ0n) is 10.7. The Morgan fingerprint density at radius 1 is 1.50 bits per heavy atom. The molecule has 0 bridgehead atoms. The highest BCUT2D eigenvalue weighted by Crippen LogP contribution is 2.29. The lowest BCUT2D eigenvalue weighted by atomic mass is 9.95. The summed E-state index contributed by atoms with van der Waals surface area (Å²) in [5.41, 5.74) is 0.794. The fraction of sp³-hybridized carbons (Fsp3) is 0.500.